The quantitative estimate of drug-likeness (QED) is 0.421. The van der Waals surface area contributed by atoms with Crippen LogP contribution >= 0.6 is 0 Å². The fourth-order valence-corrected chi connectivity index (χ4v) is 3.85. The normalized spacial score (nSPS) is 15.1. The van der Waals surface area contributed by atoms with E-state index in [-0.39, 0.29) is 18.3 Å². The predicted octanol–water partition coefficient (Wildman–Crippen LogP) is 5.92. The van der Waals surface area contributed by atoms with Crippen LogP contribution in [0.15, 0.2) is 53.6 Å². The first-order valence-electron chi connectivity index (χ1n) is 8.02. The van der Waals surface area contributed by atoms with Gasteiger partial charge in [-0.1, -0.05) is 18.2 Å². The molecule has 0 atom stereocenters. The lowest BCUT2D eigenvalue weighted by Gasteiger charge is -2.39. The lowest BCUT2D eigenvalue weighted by Crippen LogP contribution is -2.69. The van der Waals surface area contributed by atoms with Gasteiger partial charge in [-0.25, -0.2) is 12.4 Å². The van der Waals surface area contributed by atoms with Crippen molar-refractivity contribution in [3.63, 3.8) is 0 Å². The summed E-state index contributed by atoms with van der Waals surface area (Å²) in [5.41, 5.74) is -2.61. The standard InChI is InChI=1S/C16H8F13NO2S/c17-11(18,10-7-4-8-30(10)33(31,32)9-5-2-1-3-6-9)12(19,20)13(21,22)14(23,24)15(25,26)16(27,28)29/h1-8H. The van der Waals surface area contributed by atoms with Crippen molar-refractivity contribution < 1.29 is 65.5 Å². The van der Waals surface area contributed by atoms with Crippen LogP contribution in [0.5, 0.6) is 0 Å². The Hall–Kier alpha value is -2.46. The molecule has 0 aliphatic carbocycles. The summed E-state index contributed by atoms with van der Waals surface area (Å²) in [6, 6.07) is 4.78. The second kappa shape index (κ2) is 7.53. The topological polar surface area (TPSA) is 39.1 Å². The number of aromatic nitrogens is 1. The second-order valence-electron chi connectivity index (χ2n) is 6.38. The van der Waals surface area contributed by atoms with Gasteiger partial charge in [-0.05, 0) is 24.3 Å². The molecule has 2 rings (SSSR count). The van der Waals surface area contributed by atoms with Crippen molar-refractivity contribution in [1.29, 1.82) is 0 Å². The largest absolute Gasteiger partial charge is 0.460 e. The van der Waals surface area contributed by atoms with Gasteiger partial charge in [0, 0.05) is 6.20 Å². The molecule has 0 amide bonds. The fraction of sp³-hybridized carbons (Fsp3) is 0.375. The Morgan fingerprint density at radius 2 is 1.03 bits per heavy atom. The van der Waals surface area contributed by atoms with Gasteiger partial charge in [0.15, 0.2) is 0 Å². The number of rotatable bonds is 7. The van der Waals surface area contributed by atoms with E-state index in [1.165, 1.54) is 6.07 Å². The molecule has 186 valence electrons. The van der Waals surface area contributed by atoms with Crippen LogP contribution in [0.3, 0.4) is 0 Å². The number of benzene rings is 1. The average molecular weight is 525 g/mol. The van der Waals surface area contributed by atoms with E-state index in [4.69, 9.17) is 0 Å². The summed E-state index contributed by atoms with van der Waals surface area (Å²) in [5, 5.41) is 0. The first-order chi connectivity index (χ1) is 14.6. The highest BCUT2D eigenvalue weighted by atomic mass is 32.2. The van der Waals surface area contributed by atoms with Crippen LogP contribution in [0.1, 0.15) is 5.69 Å². The van der Waals surface area contributed by atoms with Crippen LogP contribution in [0.4, 0.5) is 57.1 Å². The number of hydrogen-bond donors (Lipinski definition) is 0. The van der Waals surface area contributed by atoms with E-state index in [9.17, 15) is 65.5 Å². The molecule has 0 aliphatic heterocycles. The zero-order chi connectivity index (χ0) is 25.9. The molecule has 1 heterocycles. The number of nitrogens with zero attached hydrogens (tertiary/aromatic N) is 1. The van der Waals surface area contributed by atoms with Gasteiger partial charge < -0.3 is 0 Å². The highest BCUT2D eigenvalue weighted by molar-refractivity contribution is 7.90. The van der Waals surface area contributed by atoms with Gasteiger partial charge in [0.25, 0.3) is 10.0 Å². The van der Waals surface area contributed by atoms with Gasteiger partial charge in [0.2, 0.25) is 0 Å². The molecule has 0 fully saturated rings. The van der Waals surface area contributed by atoms with Crippen molar-refractivity contribution in [2.75, 3.05) is 0 Å². The van der Waals surface area contributed by atoms with Gasteiger partial charge >= 0.3 is 35.8 Å². The smallest absolute Gasteiger partial charge is 0.240 e. The Kier molecular flexibility index (Phi) is 6.11. The molecule has 1 aromatic carbocycles. The third kappa shape index (κ3) is 3.63. The molecule has 0 saturated heterocycles. The summed E-state index contributed by atoms with van der Waals surface area (Å²) in [5.74, 6) is -38.3. The minimum Gasteiger partial charge on any atom is -0.240 e. The van der Waals surface area contributed by atoms with Crippen LogP contribution in [0.25, 0.3) is 0 Å². The van der Waals surface area contributed by atoms with E-state index in [1.54, 1.807) is 0 Å². The molecule has 0 unspecified atom stereocenters. The molecule has 0 N–H and O–H groups in total. The van der Waals surface area contributed by atoms with Gasteiger partial charge in [0.05, 0.1) is 4.90 Å². The van der Waals surface area contributed by atoms with Crippen molar-refractivity contribution in [2.24, 2.45) is 0 Å². The summed E-state index contributed by atoms with van der Waals surface area (Å²) >= 11 is 0. The van der Waals surface area contributed by atoms with Crippen LogP contribution < -0.4 is 0 Å². The molecule has 0 radical (unpaired) electrons. The van der Waals surface area contributed by atoms with Gasteiger partial charge in [-0.3, -0.25) is 0 Å². The first kappa shape index (κ1) is 26.8. The molecule has 0 aliphatic rings. The van der Waals surface area contributed by atoms with Gasteiger partial charge in [-0.2, -0.15) is 57.1 Å². The monoisotopic (exact) mass is 525 g/mol. The van der Waals surface area contributed by atoms with Crippen molar-refractivity contribution in [1.82, 2.24) is 3.97 Å². The SMILES string of the molecule is O=S(=O)(c1ccccc1)n1cccc1C(F)(F)C(F)(F)C(F)(F)C(F)(F)C(F)(F)C(F)(F)F. The third-order valence-electron chi connectivity index (χ3n) is 4.27. The molecule has 33 heavy (non-hydrogen) atoms. The van der Waals surface area contributed by atoms with E-state index in [0.29, 0.717) is 0 Å². The number of halogens is 13. The Morgan fingerprint density at radius 3 is 1.48 bits per heavy atom. The lowest BCUT2D eigenvalue weighted by molar-refractivity contribution is -0.442. The number of alkyl halides is 13. The van der Waals surface area contributed by atoms with Gasteiger partial charge in [-0.15, -0.1) is 0 Å². The highest BCUT2D eigenvalue weighted by Crippen LogP contribution is 2.62. The van der Waals surface area contributed by atoms with E-state index in [1.807, 2.05) is 0 Å². The Balaban J connectivity index is 2.70. The van der Waals surface area contributed by atoms with E-state index in [0.717, 1.165) is 24.3 Å². The Morgan fingerprint density at radius 1 is 0.576 bits per heavy atom. The third-order valence-corrected chi connectivity index (χ3v) is 5.97. The average Bonchev–Trinajstić information content (AvgIpc) is 3.18. The maximum atomic E-state index is 14.4. The van der Waals surface area contributed by atoms with E-state index >= 15 is 0 Å². The van der Waals surface area contributed by atoms with Gasteiger partial charge in [0.1, 0.15) is 5.69 Å². The predicted molar refractivity (Wildman–Crippen MR) is 83.2 cm³/mol. The Labute approximate surface area is 175 Å². The minimum atomic E-state index is -8.08. The fourth-order valence-electron chi connectivity index (χ4n) is 2.46. The molecular weight excluding hydrogens is 517 g/mol. The molecule has 1 aromatic heterocycles. The highest BCUT2D eigenvalue weighted by Gasteiger charge is 2.91. The van der Waals surface area contributed by atoms with E-state index in [2.05, 4.69) is 0 Å². The maximum absolute atomic E-state index is 14.4. The molecule has 3 nitrogen and oxygen atoms in total. The molecule has 0 bridgehead atoms. The van der Waals surface area contributed by atoms with E-state index < -0.39 is 60.4 Å². The first-order valence-corrected chi connectivity index (χ1v) is 9.46. The summed E-state index contributed by atoms with van der Waals surface area (Å²) < 4.78 is 197. The van der Waals surface area contributed by atoms with Crippen molar-refractivity contribution in [3.05, 3.63) is 54.4 Å². The van der Waals surface area contributed by atoms with Crippen LogP contribution in [0.2, 0.25) is 0 Å². The second-order valence-corrected chi connectivity index (χ2v) is 8.19. The molecular formula is C16H8F13NO2S. The minimum absolute atomic E-state index is 0.113. The summed E-state index contributed by atoms with van der Waals surface area (Å²) in [6.07, 6.45) is -7.43. The van der Waals surface area contributed by atoms with Crippen LogP contribution in [0, 0.1) is 0 Å². The molecule has 2 aromatic rings. The van der Waals surface area contributed by atoms with Crippen LogP contribution in [-0.2, 0) is 15.9 Å². The van der Waals surface area contributed by atoms with Crippen molar-refractivity contribution in [2.45, 2.75) is 40.7 Å². The summed E-state index contributed by atoms with van der Waals surface area (Å²) in [6.45, 7) is 0. The Bertz CT molecular complexity index is 1100. The van der Waals surface area contributed by atoms with Crippen molar-refractivity contribution >= 4 is 10.0 Å². The van der Waals surface area contributed by atoms with Crippen LogP contribution in [-0.4, -0.2) is 42.3 Å². The van der Waals surface area contributed by atoms with Crippen molar-refractivity contribution in [3.8, 4) is 0 Å². The summed E-state index contributed by atoms with van der Waals surface area (Å²) in [7, 11) is -5.26. The maximum Gasteiger partial charge on any atom is 0.460 e. The molecule has 17 heteroatoms. The number of hydrogen-bond acceptors (Lipinski definition) is 2. The molecule has 0 spiro atoms. The zero-order valence-corrected chi connectivity index (χ0v) is 16.0. The summed E-state index contributed by atoms with van der Waals surface area (Å²) in [4.78, 5) is -0.873. The zero-order valence-electron chi connectivity index (χ0n) is 15.2. The molecule has 0 saturated carbocycles. The lowest BCUT2D eigenvalue weighted by atomic mass is 9.92.